The van der Waals surface area contributed by atoms with E-state index in [0.717, 1.165) is 21.0 Å². The Hall–Kier alpha value is -1.82. The lowest BCUT2D eigenvalue weighted by Crippen LogP contribution is -2.34. The number of hydrogen-bond donors (Lipinski definition) is 1. The highest BCUT2D eigenvalue weighted by Gasteiger charge is 2.27. The number of fused-ring (bicyclic) bond motifs is 1. The lowest BCUT2D eigenvalue weighted by atomic mass is 10.1. The summed E-state index contributed by atoms with van der Waals surface area (Å²) in [5.41, 5.74) is 1.71. The maximum Gasteiger partial charge on any atom is 0.261 e. The topological polar surface area (TPSA) is 115 Å². The van der Waals surface area contributed by atoms with Crippen LogP contribution in [0.15, 0.2) is 4.52 Å². The summed E-state index contributed by atoms with van der Waals surface area (Å²) < 4.78 is 34.7. The Labute approximate surface area is 149 Å². The summed E-state index contributed by atoms with van der Waals surface area (Å²) in [5, 5.41) is 7.14. The van der Waals surface area contributed by atoms with Gasteiger partial charge in [-0.3, -0.25) is 4.79 Å². The number of hydrogen-bond acceptors (Lipinski definition) is 8. The minimum absolute atomic E-state index is 0.278. The molecule has 1 N–H and O–H groups in total. The molecule has 0 unspecified atom stereocenters. The van der Waals surface area contributed by atoms with Crippen molar-refractivity contribution in [2.45, 2.75) is 20.0 Å². The molecular formula is C14H18N4O5S2. The molecule has 0 radical (unpaired) electrons. The molecule has 0 aromatic carbocycles. The Kier molecular flexibility index (Phi) is 4.91. The van der Waals surface area contributed by atoms with Gasteiger partial charge in [-0.1, -0.05) is 5.16 Å². The SMILES string of the molecule is Cc1noc(-c2c(NC(=O)CN(C)S(C)(=O)=O)sc3c2CCOC3)n1. The first-order valence-corrected chi connectivity index (χ1v) is 10.2. The van der Waals surface area contributed by atoms with Crippen LogP contribution in [-0.4, -0.2) is 55.2 Å². The molecule has 0 fully saturated rings. The average molecular weight is 386 g/mol. The molecule has 3 rings (SSSR count). The minimum Gasteiger partial charge on any atom is -0.376 e. The molecule has 0 spiro atoms. The van der Waals surface area contributed by atoms with Gasteiger partial charge in [0.2, 0.25) is 15.9 Å². The van der Waals surface area contributed by atoms with E-state index in [1.165, 1.54) is 18.4 Å². The number of carbonyl (C=O) groups is 1. The van der Waals surface area contributed by atoms with E-state index in [-0.39, 0.29) is 6.54 Å². The maximum atomic E-state index is 12.3. The Balaban J connectivity index is 1.91. The van der Waals surface area contributed by atoms with E-state index in [1.807, 2.05) is 0 Å². The number of aromatic nitrogens is 2. The fourth-order valence-corrected chi connectivity index (χ4v) is 3.98. The fraction of sp³-hybridized carbons (Fsp3) is 0.500. The van der Waals surface area contributed by atoms with Gasteiger partial charge < -0.3 is 14.6 Å². The molecular weight excluding hydrogens is 368 g/mol. The molecule has 3 heterocycles. The maximum absolute atomic E-state index is 12.3. The summed E-state index contributed by atoms with van der Waals surface area (Å²) in [5.74, 6) is 0.393. The molecule has 0 aliphatic carbocycles. The summed E-state index contributed by atoms with van der Waals surface area (Å²) in [7, 11) is -2.08. The van der Waals surface area contributed by atoms with E-state index in [9.17, 15) is 13.2 Å². The quantitative estimate of drug-likeness (QED) is 0.815. The van der Waals surface area contributed by atoms with Crippen LogP contribution in [0.5, 0.6) is 0 Å². The third-order valence-corrected chi connectivity index (χ3v) is 6.13. The van der Waals surface area contributed by atoms with Crippen LogP contribution in [0.25, 0.3) is 11.5 Å². The number of amides is 1. The lowest BCUT2D eigenvalue weighted by molar-refractivity contribution is -0.116. The largest absolute Gasteiger partial charge is 0.376 e. The molecule has 136 valence electrons. The molecule has 1 amide bonds. The number of ether oxygens (including phenoxy) is 1. The number of carbonyl (C=O) groups excluding carboxylic acids is 1. The van der Waals surface area contributed by atoms with Gasteiger partial charge in [-0.05, 0) is 18.9 Å². The molecule has 11 heteroatoms. The number of likely N-dealkylation sites (N-methyl/N-ethyl adjacent to an activating group) is 1. The van der Waals surface area contributed by atoms with Crippen molar-refractivity contribution in [2.24, 2.45) is 0 Å². The normalized spacial score (nSPS) is 14.6. The van der Waals surface area contributed by atoms with Crippen LogP contribution in [0, 0.1) is 6.92 Å². The van der Waals surface area contributed by atoms with Crippen molar-refractivity contribution in [1.82, 2.24) is 14.4 Å². The van der Waals surface area contributed by atoms with Crippen LogP contribution in [0.2, 0.25) is 0 Å². The Bertz CT molecular complexity index is 902. The van der Waals surface area contributed by atoms with Gasteiger partial charge in [-0.15, -0.1) is 11.3 Å². The van der Waals surface area contributed by atoms with Gasteiger partial charge in [-0.2, -0.15) is 9.29 Å². The first-order chi connectivity index (χ1) is 11.8. The average Bonchev–Trinajstić information content (AvgIpc) is 3.08. The highest BCUT2D eigenvalue weighted by molar-refractivity contribution is 7.88. The zero-order valence-corrected chi connectivity index (χ0v) is 15.7. The molecule has 25 heavy (non-hydrogen) atoms. The van der Waals surface area contributed by atoms with Crippen molar-refractivity contribution < 1.29 is 22.5 Å². The predicted octanol–water partition coefficient (Wildman–Crippen LogP) is 1.01. The van der Waals surface area contributed by atoms with E-state index in [2.05, 4.69) is 15.5 Å². The summed E-state index contributed by atoms with van der Waals surface area (Å²) in [4.78, 5) is 17.5. The molecule has 0 bridgehead atoms. The van der Waals surface area contributed by atoms with Gasteiger partial charge in [0.15, 0.2) is 5.82 Å². The van der Waals surface area contributed by atoms with Gasteiger partial charge in [0.25, 0.3) is 5.89 Å². The van der Waals surface area contributed by atoms with Crippen LogP contribution < -0.4 is 5.32 Å². The van der Waals surface area contributed by atoms with E-state index in [4.69, 9.17) is 9.26 Å². The van der Waals surface area contributed by atoms with Gasteiger partial charge in [0.1, 0.15) is 5.00 Å². The van der Waals surface area contributed by atoms with Crippen molar-refractivity contribution in [3.05, 3.63) is 16.3 Å². The molecule has 0 atom stereocenters. The second-order valence-corrected chi connectivity index (χ2v) is 8.92. The van der Waals surface area contributed by atoms with Gasteiger partial charge in [-0.25, -0.2) is 8.42 Å². The third kappa shape index (κ3) is 3.89. The number of nitrogens with zero attached hydrogens (tertiary/aromatic N) is 3. The van der Waals surface area contributed by atoms with E-state index < -0.39 is 15.9 Å². The number of rotatable bonds is 5. The monoisotopic (exact) mass is 386 g/mol. The second-order valence-electron chi connectivity index (χ2n) is 5.72. The number of nitrogens with one attached hydrogen (secondary N) is 1. The first kappa shape index (κ1) is 18.0. The van der Waals surface area contributed by atoms with Crippen LogP contribution >= 0.6 is 11.3 Å². The number of sulfonamides is 1. The fourth-order valence-electron chi connectivity index (χ4n) is 2.43. The Morgan fingerprint density at radius 3 is 2.84 bits per heavy atom. The van der Waals surface area contributed by atoms with Gasteiger partial charge in [0.05, 0.1) is 31.6 Å². The molecule has 0 saturated carbocycles. The van der Waals surface area contributed by atoms with Crippen LogP contribution in [0.4, 0.5) is 5.00 Å². The van der Waals surface area contributed by atoms with Crippen molar-refractivity contribution in [2.75, 3.05) is 31.8 Å². The smallest absolute Gasteiger partial charge is 0.261 e. The van der Waals surface area contributed by atoms with Crippen molar-refractivity contribution in [3.8, 4) is 11.5 Å². The minimum atomic E-state index is -3.44. The highest BCUT2D eigenvalue weighted by atomic mass is 32.2. The summed E-state index contributed by atoms with van der Waals surface area (Å²) in [6.07, 6.45) is 1.73. The van der Waals surface area contributed by atoms with E-state index in [1.54, 1.807) is 6.92 Å². The number of anilines is 1. The third-order valence-electron chi connectivity index (χ3n) is 3.75. The molecule has 1 aliphatic rings. The summed E-state index contributed by atoms with van der Waals surface area (Å²) in [6, 6.07) is 0. The Morgan fingerprint density at radius 2 is 2.20 bits per heavy atom. The van der Waals surface area contributed by atoms with Crippen LogP contribution in [0.1, 0.15) is 16.3 Å². The van der Waals surface area contributed by atoms with Crippen LogP contribution in [0.3, 0.4) is 0 Å². The van der Waals surface area contributed by atoms with Crippen molar-refractivity contribution >= 4 is 32.3 Å². The molecule has 1 aliphatic heterocycles. The van der Waals surface area contributed by atoms with Gasteiger partial charge >= 0.3 is 0 Å². The lowest BCUT2D eigenvalue weighted by Gasteiger charge is -2.13. The standard InChI is InChI=1S/C14H18N4O5S2/c1-8-15-13(23-17-8)12-9-4-5-22-7-10(9)24-14(12)16-11(19)6-18(2)25(3,20)21/h4-7H2,1-3H3,(H,16,19). The van der Waals surface area contributed by atoms with Crippen molar-refractivity contribution in [1.29, 1.82) is 0 Å². The molecule has 2 aromatic heterocycles. The summed E-state index contributed by atoms with van der Waals surface area (Å²) >= 11 is 1.38. The predicted molar refractivity (Wildman–Crippen MR) is 91.8 cm³/mol. The second kappa shape index (κ2) is 6.83. The molecule has 9 nitrogen and oxygen atoms in total. The number of aryl methyl sites for hydroxylation is 1. The molecule has 2 aromatic rings. The van der Waals surface area contributed by atoms with Crippen molar-refractivity contribution in [3.63, 3.8) is 0 Å². The number of thiophene rings is 1. The Morgan fingerprint density at radius 1 is 1.44 bits per heavy atom. The molecule has 0 saturated heterocycles. The highest BCUT2D eigenvalue weighted by Crippen LogP contribution is 2.42. The van der Waals surface area contributed by atoms with E-state index >= 15 is 0 Å². The zero-order valence-electron chi connectivity index (χ0n) is 14.0. The summed E-state index contributed by atoms with van der Waals surface area (Å²) in [6.45, 7) is 2.47. The first-order valence-electron chi connectivity index (χ1n) is 7.50. The van der Waals surface area contributed by atoms with Gasteiger partial charge in [0, 0.05) is 11.9 Å². The van der Waals surface area contributed by atoms with E-state index in [0.29, 0.717) is 41.9 Å². The zero-order chi connectivity index (χ0) is 18.2. The van der Waals surface area contributed by atoms with Crippen LogP contribution in [-0.2, 0) is 32.6 Å².